The fourth-order valence-electron chi connectivity index (χ4n) is 2.24. The van der Waals surface area contributed by atoms with Crippen LogP contribution in [0.15, 0.2) is 42.5 Å². The largest absolute Gasteiger partial charge is 0.271 e. The van der Waals surface area contributed by atoms with Crippen LogP contribution in [0.2, 0.25) is 5.02 Å². The SMILES string of the molecule is Cc1ccc(CCC(NN)c2ccc(C)c(Cl)c2)cc1. The Bertz CT molecular complexity index is 564. The van der Waals surface area contributed by atoms with Crippen molar-refractivity contribution in [1.82, 2.24) is 5.43 Å². The molecule has 0 spiro atoms. The number of halogens is 1. The van der Waals surface area contributed by atoms with Gasteiger partial charge in [-0.05, 0) is 49.4 Å². The van der Waals surface area contributed by atoms with Crippen molar-refractivity contribution < 1.29 is 0 Å². The molecule has 0 heterocycles. The highest BCUT2D eigenvalue weighted by Gasteiger charge is 2.11. The first-order chi connectivity index (χ1) is 9.60. The average Bonchev–Trinajstić information content (AvgIpc) is 2.45. The molecule has 2 nitrogen and oxygen atoms in total. The molecule has 2 aromatic carbocycles. The number of hydrazine groups is 1. The van der Waals surface area contributed by atoms with E-state index < -0.39 is 0 Å². The van der Waals surface area contributed by atoms with Gasteiger partial charge in [-0.25, -0.2) is 0 Å². The van der Waals surface area contributed by atoms with Crippen molar-refractivity contribution in [2.45, 2.75) is 32.7 Å². The molecule has 0 amide bonds. The summed E-state index contributed by atoms with van der Waals surface area (Å²) in [7, 11) is 0. The van der Waals surface area contributed by atoms with Gasteiger partial charge >= 0.3 is 0 Å². The van der Waals surface area contributed by atoms with Gasteiger partial charge in [0.05, 0.1) is 0 Å². The molecule has 2 aromatic rings. The molecular weight excluding hydrogens is 268 g/mol. The Kier molecular flexibility index (Phi) is 5.18. The third-order valence-corrected chi connectivity index (χ3v) is 4.05. The minimum Gasteiger partial charge on any atom is -0.271 e. The number of hydrogen-bond acceptors (Lipinski definition) is 2. The smallest absolute Gasteiger partial charge is 0.0463 e. The van der Waals surface area contributed by atoms with E-state index in [9.17, 15) is 0 Å². The van der Waals surface area contributed by atoms with Gasteiger partial charge < -0.3 is 0 Å². The van der Waals surface area contributed by atoms with Gasteiger partial charge in [0, 0.05) is 11.1 Å². The van der Waals surface area contributed by atoms with Crippen molar-refractivity contribution >= 4 is 11.6 Å². The third-order valence-electron chi connectivity index (χ3n) is 3.64. The molecule has 1 unspecified atom stereocenters. The lowest BCUT2D eigenvalue weighted by Gasteiger charge is -2.17. The van der Waals surface area contributed by atoms with Crippen LogP contribution in [0, 0.1) is 13.8 Å². The number of nitrogens with one attached hydrogen (secondary N) is 1. The number of nitrogens with two attached hydrogens (primary N) is 1. The highest BCUT2D eigenvalue weighted by molar-refractivity contribution is 6.31. The normalized spacial score (nSPS) is 12.4. The van der Waals surface area contributed by atoms with Gasteiger partial charge in [0.1, 0.15) is 0 Å². The summed E-state index contributed by atoms with van der Waals surface area (Å²) in [5, 5.41) is 0.790. The van der Waals surface area contributed by atoms with Crippen molar-refractivity contribution in [1.29, 1.82) is 0 Å². The maximum absolute atomic E-state index is 6.18. The summed E-state index contributed by atoms with van der Waals surface area (Å²) >= 11 is 6.18. The molecule has 106 valence electrons. The van der Waals surface area contributed by atoms with E-state index in [1.807, 2.05) is 19.1 Å². The summed E-state index contributed by atoms with van der Waals surface area (Å²) in [6.07, 6.45) is 1.93. The van der Waals surface area contributed by atoms with Crippen LogP contribution >= 0.6 is 11.6 Å². The molecule has 0 fully saturated rings. The molecular formula is C17H21ClN2. The van der Waals surface area contributed by atoms with Crippen LogP contribution in [0.5, 0.6) is 0 Å². The average molecular weight is 289 g/mol. The zero-order valence-corrected chi connectivity index (χ0v) is 12.7. The van der Waals surface area contributed by atoms with Crippen molar-refractivity contribution in [3.8, 4) is 0 Å². The molecule has 0 aromatic heterocycles. The summed E-state index contributed by atoms with van der Waals surface area (Å²) in [6, 6.07) is 14.9. The molecule has 0 aliphatic heterocycles. The highest BCUT2D eigenvalue weighted by Crippen LogP contribution is 2.24. The summed E-state index contributed by atoms with van der Waals surface area (Å²) in [4.78, 5) is 0. The molecule has 3 heteroatoms. The lowest BCUT2D eigenvalue weighted by atomic mass is 9.98. The van der Waals surface area contributed by atoms with Crippen LogP contribution in [0.25, 0.3) is 0 Å². The van der Waals surface area contributed by atoms with Crippen LogP contribution in [0.4, 0.5) is 0 Å². The Morgan fingerprint density at radius 1 is 1.10 bits per heavy atom. The molecule has 0 aliphatic carbocycles. The Morgan fingerprint density at radius 2 is 1.80 bits per heavy atom. The molecule has 0 saturated carbocycles. The van der Waals surface area contributed by atoms with Crippen molar-refractivity contribution in [2.75, 3.05) is 0 Å². The van der Waals surface area contributed by atoms with Crippen LogP contribution in [0.3, 0.4) is 0 Å². The molecule has 20 heavy (non-hydrogen) atoms. The van der Waals surface area contributed by atoms with Gasteiger partial charge in [0.15, 0.2) is 0 Å². The summed E-state index contributed by atoms with van der Waals surface area (Å²) < 4.78 is 0. The maximum atomic E-state index is 6.18. The van der Waals surface area contributed by atoms with Gasteiger partial charge in [-0.2, -0.15) is 0 Å². The lowest BCUT2D eigenvalue weighted by Crippen LogP contribution is -2.28. The molecule has 0 aliphatic rings. The minimum absolute atomic E-state index is 0.120. The minimum atomic E-state index is 0.120. The van der Waals surface area contributed by atoms with E-state index in [1.54, 1.807) is 0 Å². The molecule has 1 atom stereocenters. The number of benzene rings is 2. The first-order valence-corrected chi connectivity index (χ1v) is 7.25. The zero-order valence-electron chi connectivity index (χ0n) is 12.0. The number of aryl methyl sites for hydroxylation is 3. The summed E-state index contributed by atoms with van der Waals surface area (Å²) in [6.45, 7) is 4.10. The van der Waals surface area contributed by atoms with Gasteiger partial charge in [0.2, 0.25) is 0 Å². The van der Waals surface area contributed by atoms with Gasteiger partial charge in [-0.3, -0.25) is 11.3 Å². The molecule has 0 bridgehead atoms. The number of rotatable bonds is 5. The van der Waals surface area contributed by atoms with E-state index in [1.165, 1.54) is 11.1 Å². The van der Waals surface area contributed by atoms with Crippen molar-refractivity contribution in [3.63, 3.8) is 0 Å². The van der Waals surface area contributed by atoms with E-state index in [0.717, 1.165) is 29.0 Å². The zero-order chi connectivity index (χ0) is 14.5. The monoisotopic (exact) mass is 288 g/mol. The van der Waals surface area contributed by atoms with Crippen LogP contribution < -0.4 is 11.3 Å². The lowest BCUT2D eigenvalue weighted by molar-refractivity contribution is 0.516. The van der Waals surface area contributed by atoms with Crippen LogP contribution in [-0.2, 0) is 6.42 Å². The maximum Gasteiger partial charge on any atom is 0.0463 e. The van der Waals surface area contributed by atoms with Gasteiger partial charge in [-0.15, -0.1) is 0 Å². The van der Waals surface area contributed by atoms with Crippen molar-refractivity contribution in [2.24, 2.45) is 5.84 Å². The third kappa shape index (κ3) is 3.83. The molecule has 3 N–H and O–H groups in total. The predicted octanol–water partition coefficient (Wildman–Crippen LogP) is 4.09. The summed E-state index contributed by atoms with van der Waals surface area (Å²) in [5.41, 5.74) is 7.72. The fourth-order valence-corrected chi connectivity index (χ4v) is 2.43. The highest BCUT2D eigenvalue weighted by atomic mass is 35.5. The molecule has 2 rings (SSSR count). The van der Waals surface area contributed by atoms with E-state index in [0.29, 0.717) is 0 Å². The van der Waals surface area contributed by atoms with Crippen LogP contribution in [-0.4, -0.2) is 0 Å². The van der Waals surface area contributed by atoms with E-state index >= 15 is 0 Å². The molecule has 0 radical (unpaired) electrons. The quantitative estimate of drug-likeness (QED) is 0.642. The van der Waals surface area contributed by atoms with E-state index in [4.69, 9.17) is 17.4 Å². The topological polar surface area (TPSA) is 38.0 Å². The number of hydrogen-bond donors (Lipinski definition) is 2. The predicted molar refractivity (Wildman–Crippen MR) is 85.8 cm³/mol. The first-order valence-electron chi connectivity index (χ1n) is 6.88. The second-order valence-corrected chi connectivity index (χ2v) is 5.66. The Balaban J connectivity index is 2.05. The first kappa shape index (κ1) is 15.0. The summed E-state index contributed by atoms with van der Waals surface area (Å²) in [5.74, 6) is 5.69. The Labute approximate surface area is 125 Å². The van der Waals surface area contributed by atoms with Gasteiger partial charge in [0.25, 0.3) is 0 Å². The second kappa shape index (κ2) is 6.89. The van der Waals surface area contributed by atoms with Crippen LogP contribution in [0.1, 0.15) is 34.7 Å². The van der Waals surface area contributed by atoms with Crippen molar-refractivity contribution in [3.05, 3.63) is 69.7 Å². The fraction of sp³-hybridized carbons (Fsp3) is 0.294. The molecule has 0 saturated heterocycles. The van der Waals surface area contributed by atoms with E-state index in [2.05, 4.69) is 42.7 Å². The van der Waals surface area contributed by atoms with E-state index in [-0.39, 0.29) is 6.04 Å². The standard InChI is InChI=1S/C17H21ClN2/c1-12-3-6-14(7-4-12)8-10-17(20-19)15-9-5-13(2)16(18)11-15/h3-7,9,11,17,20H,8,10,19H2,1-2H3. The van der Waals surface area contributed by atoms with Gasteiger partial charge in [-0.1, -0.05) is 53.6 Å². The second-order valence-electron chi connectivity index (χ2n) is 5.25. The Hall–Kier alpha value is -1.35. The Morgan fingerprint density at radius 3 is 2.40 bits per heavy atom.